The van der Waals surface area contributed by atoms with E-state index in [0.29, 0.717) is 25.6 Å². The van der Waals surface area contributed by atoms with Gasteiger partial charge in [-0.05, 0) is 43.4 Å². The third-order valence-electron chi connectivity index (χ3n) is 5.43. The van der Waals surface area contributed by atoms with E-state index in [9.17, 15) is 9.59 Å². The van der Waals surface area contributed by atoms with Crippen molar-refractivity contribution in [1.29, 1.82) is 0 Å². The molecule has 3 rings (SSSR count). The second-order valence-electron chi connectivity index (χ2n) is 7.41. The molecule has 2 aliphatic rings. The van der Waals surface area contributed by atoms with E-state index in [2.05, 4.69) is 5.32 Å². The molecular weight excluding hydrogens is 354 g/mol. The molecule has 26 heavy (non-hydrogen) atoms. The fourth-order valence-corrected chi connectivity index (χ4v) is 3.48. The molecule has 6 nitrogen and oxygen atoms in total. The molecule has 1 aliphatic heterocycles. The number of benzene rings is 1. The van der Waals surface area contributed by atoms with Crippen molar-refractivity contribution in [3.8, 4) is 5.75 Å². The Morgan fingerprint density at radius 1 is 1.35 bits per heavy atom. The van der Waals surface area contributed by atoms with Crippen molar-refractivity contribution in [2.24, 2.45) is 17.6 Å². The van der Waals surface area contributed by atoms with Crippen LogP contribution in [0.4, 0.5) is 0 Å². The summed E-state index contributed by atoms with van der Waals surface area (Å²) in [6, 6.07) is 7.64. The van der Waals surface area contributed by atoms with E-state index in [0.717, 1.165) is 24.2 Å². The summed E-state index contributed by atoms with van der Waals surface area (Å²) in [4.78, 5) is 26.7. The Morgan fingerprint density at radius 3 is 2.54 bits per heavy atom. The normalized spacial score (nSPS) is 21.7. The highest BCUT2D eigenvalue weighted by Crippen LogP contribution is 2.39. The van der Waals surface area contributed by atoms with Crippen LogP contribution in [0.5, 0.6) is 5.75 Å². The highest BCUT2D eigenvalue weighted by molar-refractivity contribution is 5.89. The van der Waals surface area contributed by atoms with E-state index in [4.69, 9.17) is 10.5 Å². The molecule has 0 bridgehead atoms. The van der Waals surface area contributed by atoms with Crippen LogP contribution < -0.4 is 15.8 Å². The Bertz CT molecular complexity index is 648. The van der Waals surface area contributed by atoms with Gasteiger partial charge in [0.05, 0.1) is 18.6 Å². The van der Waals surface area contributed by atoms with Gasteiger partial charge in [-0.2, -0.15) is 0 Å². The molecular formula is C19H28ClN3O3. The molecule has 0 radical (unpaired) electrons. The lowest BCUT2D eigenvalue weighted by Gasteiger charge is -2.30. The highest BCUT2D eigenvalue weighted by Gasteiger charge is 2.44. The van der Waals surface area contributed by atoms with Gasteiger partial charge in [-0.3, -0.25) is 9.59 Å². The smallest absolute Gasteiger partial charge is 0.225 e. The minimum absolute atomic E-state index is 0. The van der Waals surface area contributed by atoms with Crippen LogP contribution in [0.25, 0.3) is 0 Å². The number of nitrogens with zero attached hydrogens (tertiary/aromatic N) is 1. The SMILES string of the molecule is COc1ccc(CN2CC(C(=O)NC(C)(CN)C3CC3)CC2=O)cc1.Cl. The zero-order chi connectivity index (χ0) is 18.0. The van der Waals surface area contributed by atoms with E-state index in [1.165, 1.54) is 0 Å². The third kappa shape index (κ3) is 4.48. The topological polar surface area (TPSA) is 84.7 Å². The molecule has 1 heterocycles. The van der Waals surface area contributed by atoms with E-state index in [1.54, 1.807) is 12.0 Å². The average molecular weight is 382 g/mol. The fraction of sp³-hybridized carbons (Fsp3) is 0.579. The van der Waals surface area contributed by atoms with Gasteiger partial charge in [0, 0.05) is 26.1 Å². The summed E-state index contributed by atoms with van der Waals surface area (Å²) in [6.07, 6.45) is 2.50. The maximum Gasteiger partial charge on any atom is 0.225 e. The second-order valence-corrected chi connectivity index (χ2v) is 7.41. The lowest BCUT2D eigenvalue weighted by Crippen LogP contribution is -2.54. The van der Waals surface area contributed by atoms with Crippen LogP contribution in [-0.4, -0.2) is 42.5 Å². The summed E-state index contributed by atoms with van der Waals surface area (Å²) in [6.45, 7) is 3.42. The average Bonchev–Trinajstić information content (AvgIpc) is 3.41. The molecule has 1 aliphatic carbocycles. The number of carbonyl (C=O) groups is 2. The van der Waals surface area contributed by atoms with Crippen LogP contribution in [0.1, 0.15) is 31.7 Å². The van der Waals surface area contributed by atoms with Crippen LogP contribution in [0.15, 0.2) is 24.3 Å². The number of likely N-dealkylation sites (tertiary alicyclic amines) is 1. The molecule has 144 valence electrons. The summed E-state index contributed by atoms with van der Waals surface area (Å²) in [5.41, 5.74) is 6.56. The first-order valence-corrected chi connectivity index (χ1v) is 8.88. The maximum absolute atomic E-state index is 12.6. The largest absolute Gasteiger partial charge is 0.497 e. The van der Waals surface area contributed by atoms with Gasteiger partial charge in [0.2, 0.25) is 11.8 Å². The summed E-state index contributed by atoms with van der Waals surface area (Å²) in [5, 5.41) is 3.11. The van der Waals surface area contributed by atoms with Gasteiger partial charge in [0.25, 0.3) is 0 Å². The van der Waals surface area contributed by atoms with Gasteiger partial charge >= 0.3 is 0 Å². The number of rotatable bonds is 7. The number of hydrogen-bond acceptors (Lipinski definition) is 4. The van der Waals surface area contributed by atoms with Crippen molar-refractivity contribution in [1.82, 2.24) is 10.2 Å². The third-order valence-corrected chi connectivity index (χ3v) is 5.43. The standard InChI is InChI=1S/C19H27N3O3.ClH/c1-19(12-20,15-5-6-15)21-18(24)14-9-17(23)22(11-14)10-13-3-7-16(25-2)8-4-13;/h3-4,7-8,14-15H,5-6,9-12,20H2,1-2H3,(H,21,24);1H. The van der Waals surface area contributed by atoms with Gasteiger partial charge in [-0.15, -0.1) is 12.4 Å². The number of nitrogens with two attached hydrogens (primary N) is 1. The number of nitrogens with one attached hydrogen (secondary N) is 1. The predicted octanol–water partition coefficient (Wildman–Crippen LogP) is 1.71. The molecule has 2 amide bonds. The molecule has 1 saturated carbocycles. The Morgan fingerprint density at radius 2 is 2.00 bits per heavy atom. The van der Waals surface area contributed by atoms with E-state index in [-0.39, 0.29) is 42.1 Å². The Hall–Kier alpha value is -1.79. The van der Waals surface area contributed by atoms with Crippen LogP contribution in [0.3, 0.4) is 0 Å². The van der Waals surface area contributed by atoms with Crippen molar-refractivity contribution in [2.45, 2.75) is 38.3 Å². The van der Waals surface area contributed by atoms with Gasteiger partial charge in [-0.1, -0.05) is 12.1 Å². The first-order valence-electron chi connectivity index (χ1n) is 8.88. The number of hydrogen-bond donors (Lipinski definition) is 2. The number of halogens is 1. The molecule has 2 unspecified atom stereocenters. The van der Waals surface area contributed by atoms with Crippen molar-refractivity contribution >= 4 is 24.2 Å². The summed E-state index contributed by atoms with van der Waals surface area (Å²) in [5.74, 6) is 0.932. The zero-order valence-corrected chi connectivity index (χ0v) is 16.2. The van der Waals surface area contributed by atoms with Crippen molar-refractivity contribution in [3.63, 3.8) is 0 Å². The molecule has 7 heteroatoms. The van der Waals surface area contributed by atoms with Gasteiger partial charge < -0.3 is 20.7 Å². The Labute approximate surface area is 160 Å². The monoisotopic (exact) mass is 381 g/mol. The molecule has 0 spiro atoms. The number of amides is 2. The number of carbonyl (C=O) groups excluding carboxylic acids is 2. The molecule has 2 atom stereocenters. The molecule has 3 N–H and O–H groups in total. The predicted molar refractivity (Wildman–Crippen MR) is 102 cm³/mol. The minimum atomic E-state index is -0.344. The van der Waals surface area contributed by atoms with Crippen LogP contribution in [-0.2, 0) is 16.1 Å². The lowest BCUT2D eigenvalue weighted by atomic mass is 9.94. The van der Waals surface area contributed by atoms with Crippen LogP contribution in [0.2, 0.25) is 0 Å². The molecule has 2 fully saturated rings. The minimum Gasteiger partial charge on any atom is -0.497 e. The quantitative estimate of drug-likeness (QED) is 0.753. The molecule has 1 saturated heterocycles. The second kappa shape index (κ2) is 8.27. The zero-order valence-electron chi connectivity index (χ0n) is 15.4. The van der Waals surface area contributed by atoms with Crippen molar-refractivity contribution in [3.05, 3.63) is 29.8 Å². The Balaban J connectivity index is 0.00000243. The van der Waals surface area contributed by atoms with Gasteiger partial charge in [0.1, 0.15) is 5.75 Å². The number of methoxy groups -OCH3 is 1. The fourth-order valence-electron chi connectivity index (χ4n) is 3.48. The van der Waals surface area contributed by atoms with E-state index >= 15 is 0 Å². The van der Waals surface area contributed by atoms with Crippen LogP contribution in [0, 0.1) is 11.8 Å². The number of ether oxygens (including phenoxy) is 1. The van der Waals surface area contributed by atoms with Crippen molar-refractivity contribution in [2.75, 3.05) is 20.2 Å². The molecule has 0 aromatic heterocycles. The summed E-state index contributed by atoms with van der Waals surface area (Å²) < 4.78 is 5.15. The highest BCUT2D eigenvalue weighted by atomic mass is 35.5. The Kier molecular flexibility index (Phi) is 6.53. The van der Waals surface area contributed by atoms with Gasteiger partial charge in [-0.25, -0.2) is 0 Å². The van der Waals surface area contributed by atoms with E-state index in [1.807, 2.05) is 31.2 Å². The first-order chi connectivity index (χ1) is 11.9. The lowest BCUT2D eigenvalue weighted by molar-refractivity contribution is -0.129. The maximum atomic E-state index is 12.6. The summed E-state index contributed by atoms with van der Waals surface area (Å²) in [7, 11) is 1.62. The van der Waals surface area contributed by atoms with E-state index < -0.39 is 0 Å². The first kappa shape index (κ1) is 20.5. The van der Waals surface area contributed by atoms with Crippen molar-refractivity contribution < 1.29 is 14.3 Å². The van der Waals surface area contributed by atoms with Gasteiger partial charge in [0.15, 0.2) is 0 Å². The molecule has 1 aromatic rings. The van der Waals surface area contributed by atoms with Crippen LogP contribution >= 0.6 is 12.4 Å². The molecule has 1 aromatic carbocycles. The summed E-state index contributed by atoms with van der Waals surface area (Å²) >= 11 is 0.